The van der Waals surface area contributed by atoms with Gasteiger partial charge in [0, 0.05) is 38.2 Å². The van der Waals surface area contributed by atoms with Gasteiger partial charge in [-0.1, -0.05) is 12.8 Å². The molecule has 0 atom stereocenters. The predicted octanol–water partition coefficient (Wildman–Crippen LogP) is 3.03. The number of aliphatic imine (C=N–C) groups is 1. The molecular formula is C19H29F2IN4O3. The number of carbonyl (C=O) groups is 1. The van der Waals surface area contributed by atoms with E-state index in [9.17, 15) is 13.6 Å². The van der Waals surface area contributed by atoms with Gasteiger partial charge < -0.3 is 25.4 Å². The summed E-state index contributed by atoms with van der Waals surface area (Å²) in [5, 5.41) is 9.09. The van der Waals surface area contributed by atoms with E-state index < -0.39 is 6.61 Å². The molecule has 0 radical (unpaired) electrons. The van der Waals surface area contributed by atoms with Crippen LogP contribution in [0.15, 0.2) is 23.2 Å². The number of alkyl halides is 2. The fourth-order valence-electron chi connectivity index (χ4n) is 3.10. The topological polar surface area (TPSA) is 84.0 Å². The molecule has 0 heterocycles. The van der Waals surface area contributed by atoms with Crippen LogP contribution < -0.4 is 25.4 Å². The first-order valence-corrected chi connectivity index (χ1v) is 9.37. The molecule has 10 heteroatoms. The average Bonchev–Trinajstić information content (AvgIpc) is 3.17. The first kappa shape index (κ1) is 25.2. The minimum atomic E-state index is -2.91. The van der Waals surface area contributed by atoms with Gasteiger partial charge >= 0.3 is 6.61 Å². The van der Waals surface area contributed by atoms with Gasteiger partial charge in [0.05, 0.1) is 7.11 Å². The number of rotatable bonds is 9. The Kier molecular flexibility index (Phi) is 11.6. The van der Waals surface area contributed by atoms with Crippen molar-refractivity contribution in [3.8, 4) is 11.5 Å². The zero-order chi connectivity index (χ0) is 20.4. The van der Waals surface area contributed by atoms with Gasteiger partial charge in [-0.05, 0) is 31.0 Å². The Morgan fingerprint density at radius 3 is 2.62 bits per heavy atom. The predicted molar refractivity (Wildman–Crippen MR) is 118 cm³/mol. The quantitative estimate of drug-likeness (QED) is 0.262. The zero-order valence-electron chi connectivity index (χ0n) is 16.7. The number of benzene rings is 1. The lowest BCUT2D eigenvalue weighted by Crippen LogP contribution is -2.40. The van der Waals surface area contributed by atoms with Crippen LogP contribution in [-0.4, -0.2) is 45.2 Å². The van der Waals surface area contributed by atoms with E-state index in [1.807, 2.05) is 0 Å². The molecule has 0 saturated heterocycles. The van der Waals surface area contributed by atoms with Crippen molar-refractivity contribution in [2.75, 3.05) is 20.7 Å². The van der Waals surface area contributed by atoms with Crippen LogP contribution in [0.2, 0.25) is 0 Å². The van der Waals surface area contributed by atoms with Crippen molar-refractivity contribution in [2.24, 2.45) is 4.99 Å². The minimum absolute atomic E-state index is 0. The Morgan fingerprint density at radius 1 is 1.28 bits per heavy atom. The fraction of sp³-hybridized carbons (Fsp3) is 0.579. The molecule has 3 N–H and O–H groups in total. The Labute approximate surface area is 187 Å². The second kappa shape index (κ2) is 13.4. The largest absolute Gasteiger partial charge is 0.497 e. The van der Waals surface area contributed by atoms with Crippen LogP contribution in [0.4, 0.5) is 8.78 Å². The number of methoxy groups -OCH3 is 1. The maximum Gasteiger partial charge on any atom is 0.387 e. The third-order valence-corrected chi connectivity index (χ3v) is 4.52. The number of hydrogen-bond donors (Lipinski definition) is 3. The molecule has 1 aliphatic rings. The summed E-state index contributed by atoms with van der Waals surface area (Å²) in [7, 11) is 3.09. The number of nitrogens with zero attached hydrogens (tertiary/aromatic N) is 1. The smallest absolute Gasteiger partial charge is 0.387 e. The van der Waals surface area contributed by atoms with Gasteiger partial charge in [-0.15, -0.1) is 24.0 Å². The van der Waals surface area contributed by atoms with Crippen LogP contribution in [0.1, 0.15) is 37.7 Å². The summed E-state index contributed by atoms with van der Waals surface area (Å²) in [6, 6.07) is 4.90. The van der Waals surface area contributed by atoms with E-state index in [1.165, 1.54) is 26.0 Å². The molecule has 1 aromatic carbocycles. The summed E-state index contributed by atoms with van der Waals surface area (Å²) in [6.07, 6.45) is 4.76. The highest BCUT2D eigenvalue weighted by Gasteiger charge is 2.17. The van der Waals surface area contributed by atoms with Gasteiger partial charge in [-0.3, -0.25) is 9.79 Å². The molecule has 2 rings (SSSR count). The summed E-state index contributed by atoms with van der Waals surface area (Å²) in [5.41, 5.74) is 0.501. The van der Waals surface area contributed by atoms with Crippen molar-refractivity contribution in [2.45, 2.75) is 51.3 Å². The van der Waals surface area contributed by atoms with Crippen molar-refractivity contribution in [3.63, 3.8) is 0 Å². The number of ether oxygens (including phenoxy) is 2. The van der Waals surface area contributed by atoms with E-state index in [1.54, 1.807) is 19.2 Å². The average molecular weight is 526 g/mol. The minimum Gasteiger partial charge on any atom is -0.497 e. The summed E-state index contributed by atoms with van der Waals surface area (Å²) in [6.45, 7) is -2.30. The van der Waals surface area contributed by atoms with Crippen LogP contribution in [0, 0.1) is 0 Å². The molecule has 0 bridgehead atoms. The third kappa shape index (κ3) is 9.01. The second-order valence-electron chi connectivity index (χ2n) is 6.50. The molecule has 29 heavy (non-hydrogen) atoms. The van der Waals surface area contributed by atoms with Crippen molar-refractivity contribution in [1.82, 2.24) is 16.0 Å². The Hall–Kier alpha value is -1.85. The van der Waals surface area contributed by atoms with Crippen LogP contribution >= 0.6 is 24.0 Å². The summed E-state index contributed by atoms with van der Waals surface area (Å²) < 4.78 is 34.9. The number of amides is 1. The highest BCUT2D eigenvalue weighted by Crippen LogP contribution is 2.25. The number of hydrogen-bond acceptors (Lipinski definition) is 4. The van der Waals surface area contributed by atoms with Crippen LogP contribution in [0.3, 0.4) is 0 Å². The SMILES string of the molecule is CN=C(NCCC(=O)NC1CCCC1)NCc1cc(OC)ccc1OC(F)F.I. The fourth-order valence-corrected chi connectivity index (χ4v) is 3.10. The number of halogens is 3. The van der Waals surface area contributed by atoms with Crippen molar-refractivity contribution in [3.05, 3.63) is 23.8 Å². The Balaban J connectivity index is 0.00000420. The van der Waals surface area contributed by atoms with Crippen molar-refractivity contribution < 1.29 is 23.0 Å². The van der Waals surface area contributed by atoms with Crippen LogP contribution in [-0.2, 0) is 11.3 Å². The van der Waals surface area contributed by atoms with Gasteiger partial charge in [0.1, 0.15) is 11.5 Å². The van der Waals surface area contributed by atoms with E-state index in [4.69, 9.17) is 4.74 Å². The normalized spacial score (nSPS) is 14.3. The van der Waals surface area contributed by atoms with Crippen LogP contribution in [0.5, 0.6) is 11.5 Å². The molecule has 1 saturated carbocycles. The molecule has 164 valence electrons. The molecule has 1 aliphatic carbocycles. The van der Waals surface area contributed by atoms with E-state index in [2.05, 4.69) is 25.7 Å². The monoisotopic (exact) mass is 526 g/mol. The number of guanidine groups is 1. The maximum absolute atomic E-state index is 12.6. The summed E-state index contributed by atoms with van der Waals surface area (Å²) in [4.78, 5) is 16.0. The maximum atomic E-state index is 12.6. The molecule has 0 spiro atoms. The Morgan fingerprint density at radius 2 is 2.00 bits per heavy atom. The van der Waals surface area contributed by atoms with Gasteiger partial charge in [0.2, 0.25) is 5.91 Å². The molecule has 1 aromatic rings. The first-order chi connectivity index (χ1) is 13.5. The molecule has 0 unspecified atom stereocenters. The highest BCUT2D eigenvalue weighted by atomic mass is 127. The second-order valence-corrected chi connectivity index (χ2v) is 6.50. The number of nitrogens with one attached hydrogen (secondary N) is 3. The third-order valence-electron chi connectivity index (χ3n) is 4.52. The lowest BCUT2D eigenvalue weighted by molar-refractivity contribution is -0.121. The van der Waals surface area contributed by atoms with E-state index in [0.717, 1.165) is 12.8 Å². The Bertz CT molecular complexity index is 671. The van der Waals surface area contributed by atoms with Gasteiger partial charge in [-0.25, -0.2) is 0 Å². The van der Waals surface area contributed by atoms with Crippen molar-refractivity contribution >= 4 is 35.8 Å². The highest BCUT2D eigenvalue weighted by molar-refractivity contribution is 14.0. The van der Waals surface area contributed by atoms with E-state index in [-0.39, 0.29) is 42.2 Å². The molecule has 1 fully saturated rings. The van der Waals surface area contributed by atoms with Gasteiger partial charge in [0.25, 0.3) is 0 Å². The lowest BCUT2D eigenvalue weighted by Gasteiger charge is -2.16. The summed E-state index contributed by atoms with van der Waals surface area (Å²) in [5.74, 6) is 1.06. The van der Waals surface area contributed by atoms with Crippen LogP contribution in [0.25, 0.3) is 0 Å². The number of carbonyl (C=O) groups excluding carboxylic acids is 1. The lowest BCUT2D eigenvalue weighted by atomic mass is 10.2. The molecule has 7 nitrogen and oxygen atoms in total. The molecule has 0 aliphatic heterocycles. The molecule has 1 amide bonds. The molecule has 0 aromatic heterocycles. The van der Waals surface area contributed by atoms with E-state index >= 15 is 0 Å². The van der Waals surface area contributed by atoms with Gasteiger partial charge in [0.15, 0.2) is 5.96 Å². The zero-order valence-corrected chi connectivity index (χ0v) is 19.0. The summed E-state index contributed by atoms with van der Waals surface area (Å²) >= 11 is 0. The molecular weight excluding hydrogens is 497 g/mol. The van der Waals surface area contributed by atoms with Crippen molar-refractivity contribution in [1.29, 1.82) is 0 Å². The standard InChI is InChI=1S/C19H28F2N4O3.HI/c1-22-19(23-10-9-17(26)25-14-5-3-4-6-14)24-12-13-11-15(27-2)7-8-16(13)28-18(20)21;/h7-8,11,14,18H,3-6,9-10,12H2,1-2H3,(H,25,26)(H2,22,23,24);1H. The first-order valence-electron chi connectivity index (χ1n) is 9.37. The van der Waals surface area contributed by atoms with Gasteiger partial charge in [-0.2, -0.15) is 8.78 Å². The van der Waals surface area contributed by atoms with E-state index in [0.29, 0.717) is 36.3 Å².